The van der Waals surface area contributed by atoms with Gasteiger partial charge < -0.3 is 14.4 Å². The number of rotatable bonds is 4. The fourth-order valence-electron chi connectivity index (χ4n) is 6.55. The number of aromatic nitrogens is 3. The summed E-state index contributed by atoms with van der Waals surface area (Å²) in [6, 6.07) is 19.2. The summed E-state index contributed by atoms with van der Waals surface area (Å²) >= 11 is 0. The molecule has 2 aromatic carbocycles. The van der Waals surface area contributed by atoms with Crippen LogP contribution in [0.2, 0.25) is 0 Å². The highest BCUT2D eigenvalue weighted by molar-refractivity contribution is 5.72. The Labute approximate surface area is 224 Å². The molecule has 0 radical (unpaired) electrons. The Morgan fingerprint density at radius 3 is 2.63 bits per heavy atom. The molecule has 0 unspecified atom stereocenters. The monoisotopic (exact) mass is 502 g/mol. The zero-order valence-corrected chi connectivity index (χ0v) is 22.1. The van der Waals surface area contributed by atoms with Crippen molar-refractivity contribution in [1.29, 1.82) is 5.26 Å². The molecule has 38 heavy (non-hydrogen) atoms. The van der Waals surface area contributed by atoms with Crippen molar-refractivity contribution in [3.05, 3.63) is 78.2 Å². The zero-order valence-electron chi connectivity index (χ0n) is 22.1. The highest BCUT2D eigenvalue weighted by atomic mass is 15.2. The molecule has 4 aromatic rings. The summed E-state index contributed by atoms with van der Waals surface area (Å²) in [4.78, 5) is 10.0. The van der Waals surface area contributed by atoms with Gasteiger partial charge in [0.1, 0.15) is 0 Å². The lowest BCUT2D eigenvalue weighted by Gasteiger charge is -2.32. The fourth-order valence-corrected chi connectivity index (χ4v) is 6.55. The zero-order chi connectivity index (χ0) is 25.6. The van der Waals surface area contributed by atoms with Crippen LogP contribution in [0.1, 0.15) is 37.3 Å². The molecule has 5 heterocycles. The SMILES string of the molecule is CC1CCN(C[C@H]2CCN(c3ccc4c(c3)Cn3cc(-c5ccc(C#N)cc5)cc3-c3nccn3-4)C2)CC1. The van der Waals surface area contributed by atoms with E-state index in [1.807, 2.05) is 30.5 Å². The summed E-state index contributed by atoms with van der Waals surface area (Å²) in [5.74, 6) is 2.62. The van der Waals surface area contributed by atoms with E-state index in [1.54, 1.807) is 0 Å². The van der Waals surface area contributed by atoms with Crippen molar-refractivity contribution in [2.24, 2.45) is 11.8 Å². The number of benzene rings is 2. The molecule has 0 amide bonds. The molecule has 2 aromatic heterocycles. The molecule has 3 aliphatic rings. The number of nitriles is 1. The van der Waals surface area contributed by atoms with Crippen LogP contribution in [0.3, 0.4) is 0 Å². The van der Waals surface area contributed by atoms with Crippen molar-refractivity contribution in [2.45, 2.75) is 32.7 Å². The largest absolute Gasteiger partial charge is 0.371 e. The van der Waals surface area contributed by atoms with Gasteiger partial charge in [-0.25, -0.2) is 4.98 Å². The van der Waals surface area contributed by atoms with E-state index in [2.05, 4.69) is 68.6 Å². The van der Waals surface area contributed by atoms with Crippen LogP contribution in [-0.4, -0.2) is 51.7 Å². The van der Waals surface area contributed by atoms with Crippen LogP contribution in [0.4, 0.5) is 5.69 Å². The second kappa shape index (κ2) is 9.49. The summed E-state index contributed by atoms with van der Waals surface area (Å²) in [5.41, 5.74) is 7.92. The molecule has 6 nitrogen and oxygen atoms in total. The maximum absolute atomic E-state index is 9.17. The first-order chi connectivity index (χ1) is 18.6. The number of hydrogen-bond donors (Lipinski definition) is 0. The standard InChI is InChI=1S/C32H34N6/c1-23-8-12-35(13-9-23)19-25-10-14-36(20-25)29-6-7-30-28(16-29)22-37-21-27(26-4-2-24(18-33)3-5-26)17-31(37)32-34-11-15-38(30)32/h2-7,11,15-17,21,23,25H,8-10,12-14,19-20,22H2,1H3/t25-/m1/s1. The minimum absolute atomic E-state index is 0.682. The normalized spacial score (nSPS) is 19.5. The van der Waals surface area contributed by atoms with Crippen molar-refractivity contribution < 1.29 is 0 Å². The first-order valence-electron chi connectivity index (χ1n) is 14.0. The van der Waals surface area contributed by atoms with Crippen molar-refractivity contribution in [3.8, 4) is 34.4 Å². The predicted molar refractivity (Wildman–Crippen MR) is 151 cm³/mol. The number of imidazole rings is 1. The van der Waals surface area contributed by atoms with E-state index in [9.17, 15) is 0 Å². The third kappa shape index (κ3) is 4.21. The lowest BCUT2D eigenvalue weighted by molar-refractivity contribution is 0.171. The third-order valence-electron chi connectivity index (χ3n) is 8.82. The number of nitrogens with zero attached hydrogens (tertiary/aromatic N) is 6. The third-order valence-corrected chi connectivity index (χ3v) is 8.82. The average molecular weight is 503 g/mol. The summed E-state index contributed by atoms with van der Waals surface area (Å²) in [5, 5.41) is 9.17. The van der Waals surface area contributed by atoms with Crippen LogP contribution in [0.15, 0.2) is 67.1 Å². The maximum atomic E-state index is 9.17. The van der Waals surface area contributed by atoms with Crippen LogP contribution in [0.25, 0.3) is 28.3 Å². The summed E-state index contributed by atoms with van der Waals surface area (Å²) < 4.78 is 4.55. The van der Waals surface area contributed by atoms with Gasteiger partial charge in [0.2, 0.25) is 0 Å². The second-order valence-electron chi connectivity index (χ2n) is 11.4. The lowest BCUT2D eigenvalue weighted by Crippen LogP contribution is -2.37. The van der Waals surface area contributed by atoms with Crippen LogP contribution in [0, 0.1) is 23.2 Å². The van der Waals surface area contributed by atoms with Gasteiger partial charge in [-0.3, -0.25) is 4.57 Å². The Kier molecular flexibility index (Phi) is 5.82. The number of fused-ring (bicyclic) bond motifs is 5. The van der Waals surface area contributed by atoms with Gasteiger partial charge in [-0.15, -0.1) is 0 Å². The molecule has 2 fully saturated rings. The molecule has 192 valence electrons. The number of anilines is 1. The van der Waals surface area contributed by atoms with Gasteiger partial charge in [0.05, 0.1) is 23.0 Å². The van der Waals surface area contributed by atoms with Gasteiger partial charge in [-0.05, 0) is 91.7 Å². The van der Waals surface area contributed by atoms with Gasteiger partial charge in [-0.2, -0.15) is 5.26 Å². The molecule has 2 saturated heterocycles. The quantitative estimate of drug-likeness (QED) is 0.312. The molecular formula is C32H34N6. The highest BCUT2D eigenvalue weighted by Crippen LogP contribution is 2.36. The molecular weight excluding hydrogens is 468 g/mol. The van der Waals surface area contributed by atoms with Crippen LogP contribution in [0.5, 0.6) is 0 Å². The van der Waals surface area contributed by atoms with Gasteiger partial charge in [-0.1, -0.05) is 19.1 Å². The minimum Gasteiger partial charge on any atom is -0.371 e. The minimum atomic E-state index is 0.682. The Morgan fingerprint density at radius 1 is 0.974 bits per heavy atom. The van der Waals surface area contributed by atoms with E-state index in [-0.39, 0.29) is 0 Å². The Balaban J connectivity index is 1.15. The Morgan fingerprint density at radius 2 is 1.82 bits per heavy atom. The molecule has 0 bridgehead atoms. The number of likely N-dealkylation sites (tertiary alicyclic amines) is 1. The van der Waals surface area contributed by atoms with Gasteiger partial charge in [0, 0.05) is 56.0 Å². The van der Waals surface area contributed by atoms with Gasteiger partial charge in [0.25, 0.3) is 0 Å². The number of hydrogen-bond acceptors (Lipinski definition) is 4. The van der Waals surface area contributed by atoms with Crippen molar-refractivity contribution >= 4 is 5.69 Å². The molecule has 7 rings (SSSR count). The van der Waals surface area contributed by atoms with Crippen LogP contribution < -0.4 is 4.90 Å². The average Bonchev–Trinajstić information content (AvgIpc) is 3.69. The van der Waals surface area contributed by atoms with Crippen molar-refractivity contribution in [2.75, 3.05) is 37.6 Å². The maximum Gasteiger partial charge on any atom is 0.161 e. The molecule has 0 aliphatic carbocycles. The molecule has 3 aliphatic heterocycles. The molecule has 0 saturated carbocycles. The van der Waals surface area contributed by atoms with E-state index >= 15 is 0 Å². The lowest BCUT2D eigenvalue weighted by atomic mass is 9.98. The molecule has 6 heteroatoms. The molecule has 0 spiro atoms. The van der Waals surface area contributed by atoms with Crippen molar-refractivity contribution in [1.82, 2.24) is 19.0 Å². The predicted octanol–water partition coefficient (Wildman–Crippen LogP) is 5.80. The van der Waals surface area contributed by atoms with E-state index in [0.29, 0.717) is 5.56 Å². The Bertz CT molecular complexity index is 1500. The second-order valence-corrected chi connectivity index (χ2v) is 11.4. The highest BCUT2D eigenvalue weighted by Gasteiger charge is 2.28. The molecule has 1 atom stereocenters. The summed E-state index contributed by atoms with van der Waals surface area (Å²) in [7, 11) is 0. The smallest absolute Gasteiger partial charge is 0.161 e. The van der Waals surface area contributed by atoms with Crippen molar-refractivity contribution in [3.63, 3.8) is 0 Å². The number of piperidine rings is 1. The first-order valence-corrected chi connectivity index (χ1v) is 14.0. The van der Waals surface area contributed by atoms with E-state index in [1.165, 1.54) is 55.8 Å². The van der Waals surface area contributed by atoms with Gasteiger partial charge >= 0.3 is 0 Å². The van der Waals surface area contributed by atoms with E-state index in [4.69, 9.17) is 10.2 Å². The Hall–Kier alpha value is -3.82. The molecule has 0 N–H and O–H groups in total. The first kappa shape index (κ1) is 23.3. The van der Waals surface area contributed by atoms with Gasteiger partial charge in [0.15, 0.2) is 5.82 Å². The van der Waals surface area contributed by atoms with E-state index < -0.39 is 0 Å². The topological polar surface area (TPSA) is 53.0 Å². The van der Waals surface area contributed by atoms with Crippen LogP contribution >= 0.6 is 0 Å². The summed E-state index contributed by atoms with van der Waals surface area (Å²) in [6.07, 6.45) is 10.2. The fraction of sp³-hybridized carbons (Fsp3) is 0.375. The summed E-state index contributed by atoms with van der Waals surface area (Å²) in [6.45, 7) is 9.28. The van der Waals surface area contributed by atoms with Crippen LogP contribution in [-0.2, 0) is 6.54 Å². The van der Waals surface area contributed by atoms with E-state index in [0.717, 1.165) is 54.1 Å².